The second kappa shape index (κ2) is 8.99. The maximum atomic E-state index is 13.1. The van der Waals surface area contributed by atoms with Gasteiger partial charge in [0.15, 0.2) is 0 Å². The van der Waals surface area contributed by atoms with Crippen molar-refractivity contribution in [2.24, 2.45) is 7.05 Å². The summed E-state index contributed by atoms with van der Waals surface area (Å²) < 4.78 is 25.8. The average molecular weight is 400 g/mol. The summed E-state index contributed by atoms with van der Waals surface area (Å²) in [6.45, 7) is 3.90. The number of nitrogens with one attached hydrogen (secondary N) is 1. The summed E-state index contributed by atoms with van der Waals surface area (Å²) in [4.78, 5) is 4.05. The smallest absolute Gasteiger partial charge is 0.233 e. The van der Waals surface area contributed by atoms with Crippen molar-refractivity contribution in [1.82, 2.24) is 40.6 Å². The van der Waals surface area contributed by atoms with Gasteiger partial charge in [-0.25, -0.2) is 19.5 Å². The van der Waals surface area contributed by atoms with Crippen LogP contribution < -0.4 is 10.2 Å². The molecule has 1 N–H and O–H groups in total. The number of hydrazine groups is 1. The molecule has 0 unspecified atom stereocenters. The largest absolute Gasteiger partial charge is 0.470 e. The highest BCUT2D eigenvalue weighted by atomic mass is 19.1. The lowest BCUT2D eigenvalue weighted by atomic mass is 10.2. The normalized spacial score (nSPS) is 14.8. The molecule has 1 aliphatic rings. The number of pyridine rings is 1. The third-order valence-corrected chi connectivity index (χ3v) is 4.46. The molecule has 3 aromatic rings. The van der Waals surface area contributed by atoms with Crippen molar-refractivity contribution < 1.29 is 13.9 Å². The molecule has 0 bridgehead atoms. The van der Waals surface area contributed by atoms with Crippen LogP contribution in [0.25, 0.3) is 11.4 Å². The summed E-state index contributed by atoms with van der Waals surface area (Å²) in [5.74, 6) is -0.0201. The Kier molecular flexibility index (Phi) is 5.98. The van der Waals surface area contributed by atoms with Crippen molar-refractivity contribution in [2.75, 3.05) is 26.3 Å². The van der Waals surface area contributed by atoms with E-state index in [4.69, 9.17) is 9.47 Å². The van der Waals surface area contributed by atoms with Gasteiger partial charge in [-0.1, -0.05) is 5.21 Å². The van der Waals surface area contributed by atoms with Gasteiger partial charge in [0, 0.05) is 26.2 Å². The van der Waals surface area contributed by atoms with Gasteiger partial charge in [-0.3, -0.25) is 4.98 Å². The second-order valence-electron chi connectivity index (χ2n) is 6.46. The number of morpholine rings is 1. The van der Waals surface area contributed by atoms with E-state index in [9.17, 15) is 4.39 Å². The first-order chi connectivity index (χ1) is 14.2. The fraction of sp³-hybridized carbons (Fsp3) is 0.389. The van der Waals surface area contributed by atoms with Gasteiger partial charge in [0.25, 0.3) is 0 Å². The number of rotatable bonds is 7. The van der Waals surface area contributed by atoms with Crippen molar-refractivity contribution >= 4 is 0 Å². The first kappa shape index (κ1) is 19.3. The van der Waals surface area contributed by atoms with Crippen LogP contribution >= 0.6 is 0 Å². The lowest BCUT2D eigenvalue weighted by Gasteiger charge is -2.26. The SMILES string of the molecule is Cn1nnc(-c2ccc(F)cn2)c1COc1ccc(CNN2CCOCC2)nn1. The molecule has 1 fully saturated rings. The van der Waals surface area contributed by atoms with E-state index < -0.39 is 5.82 Å². The zero-order chi connectivity index (χ0) is 20.1. The van der Waals surface area contributed by atoms with Gasteiger partial charge in [0.05, 0.1) is 37.3 Å². The first-order valence-electron chi connectivity index (χ1n) is 9.21. The summed E-state index contributed by atoms with van der Waals surface area (Å²) in [7, 11) is 1.75. The highest BCUT2D eigenvalue weighted by Crippen LogP contribution is 2.20. The van der Waals surface area contributed by atoms with Gasteiger partial charge in [-0.2, -0.15) is 5.10 Å². The lowest BCUT2D eigenvalue weighted by molar-refractivity contribution is 0.0103. The molecule has 4 heterocycles. The summed E-state index contributed by atoms with van der Waals surface area (Å²) in [5, 5.41) is 18.5. The molecular formula is C18H21FN8O2. The first-order valence-corrected chi connectivity index (χ1v) is 9.21. The van der Waals surface area contributed by atoms with Crippen LogP contribution in [0.3, 0.4) is 0 Å². The Balaban J connectivity index is 1.35. The maximum Gasteiger partial charge on any atom is 0.233 e. The number of halogens is 1. The summed E-state index contributed by atoms with van der Waals surface area (Å²) in [6, 6.07) is 6.51. The Morgan fingerprint density at radius 3 is 2.72 bits per heavy atom. The molecule has 10 nitrogen and oxygen atoms in total. The minimum Gasteiger partial charge on any atom is -0.470 e. The van der Waals surface area contributed by atoms with Gasteiger partial charge in [-0.05, 0) is 18.2 Å². The molecule has 0 atom stereocenters. The van der Waals surface area contributed by atoms with Crippen LogP contribution in [0.15, 0.2) is 30.5 Å². The molecule has 1 saturated heterocycles. The van der Waals surface area contributed by atoms with Crippen LogP contribution in [0, 0.1) is 5.82 Å². The van der Waals surface area contributed by atoms with Crippen LogP contribution in [0.1, 0.15) is 11.4 Å². The lowest BCUT2D eigenvalue weighted by Crippen LogP contribution is -2.45. The molecule has 152 valence electrons. The van der Waals surface area contributed by atoms with Crippen molar-refractivity contribution in [2.45, 2.75) is 13.2 Å². The topological polar surface area (TPSA) is 103 Å². The molecule has 4 rings (SSSR count). The predicted octanol–water partition coefficient (Wildman–Crippen LogP) is 0.722. The Labute approximate surface area is 166 Å². The van der Waals surface area contributed by atoms with Crippen LogP contribution in [0.4, 0.5) is 4.39 Å². The van der Waals surface area contributed by atoms with Crippen molar-refractivity contribution in [1.29, 1.82) is 0 Å². The molecule has 0 radical (unpaired) electrons. The third-order valence-electron chi connectivity index (χ3n) is 4.46. The standard InChI is InChI=1S/C18H21FN8O2/c1-26-16(18(24-25-26)15-4-2-13(19)10-20-15)12-29-17-5-3-14(22-23-17)11-21-27-6-8-28-9-7-27/h2-5,10,21H,6-9,11-12H2,1H3. The molecule has 0 aliphatic carbocycles. The monoisotopic (exact) mass is 400 g/mol. The molecule has 11 heteroatoms. The molecule has 0 amide bonds. The number of ether oxygens (including phenoxy) is 2. The number of hydrogen-bond acceptors (Lipinski definition) is 9. The quantitative estimate of drug-likeness (QED) is 0.614. The minimum atomic E-state index is -0.408. The molecule has 3 aromatic heterocycles. The van der Waals surface area contributed by atoms with Gasteiger partial charge in [0.2, 0.25) is 5.88 Å². The van der Waals surface area contributed by atoms with Crippen LogP contribution in [0.2, 0.25) is 0 Å². The second-order valence-corrected chi connectivity index (χ2v) is 6.46. The maximum absolute atomic E-state index is 13.1. The van der Waals surface area contributed by atoms with E-state index in [1.807, 2.05) is 6.07 Å². The molecule has 1 aliphatic heterocycles. The molecule has 0 aromatic carbocycles. The van der Waals surface area contributed by atoms with E-state index in [1.54, 1.807) is 23.9 Å². The fourth-order valence-corrected chi connectivity index (χ4v) is 2.83. The predicted molar refractivity (Wildman–Crippen MR) is 99.8 cm³/mol. The number of nitrogens with zero attached hydrogens (tertiary/aromatic N) is 7. The third kappa shape index (κ3) is 4.88. The van der Waals surface area contributed by atoms with E-state index in [-0.39, 0.29) is 6.61 Å². The zero-order valence-electron chi connectivity index (χ0n) is 16.0. The van der Waals surface area contributed by atoms with Gasteiger partial charge >= 0.3 is 0 Å². The van der Waals surface area contributed by atoms with E-state index in [0.717, 1.165) is 38.2 Å². The summed E-state index contributed by atoms with van der Waals surface area (Å²) in [5.41, 5.74) is 5.87. The Morgan fingerprint density at radius 1 is 1.14 bits per heavy atom. The number of aryl methyl sites for hydroxylation is 1. The number of aromatic nitrogens is 6. The summed E-state index contributed by atoms with van der Waals surface area (Å²) >= 11 is 0. The van der Waals surface area contributed by atoms with Gasteiger partial charge in [0.1, 0.15) is 23.8 Å². The fourth-order valence-electron chi connectivity index (χ4n) is 2.83. The van der Waals surface area contributed by atoms with E-state index >= 15 is 0 Å². The number of hydrogen-bond donors (Lipinski definition) is 1. The van der Waals surface area contributed by atoms with Crippen LogP contribution in [-0.4, -0.2) is 61.5 Å². The highest BCUT2D eigenvalue weighted by Gasteiger charge is 2.15. The van der Waals surface area contributed by atoms with Crippen LogP contribution in [-0.2, 0) is 24.9 Å². The Bertz CT molecular complexity index is 926. The van der Waals surface area contributed by atoms with Crippen molar-refractivity contribution in [3.8, 4) is 17.3 Å². The van der Waals surface area contributed by atoms with Crippen LogP contribution in [0.5, 0.6) is 5.88 Å². The van der Waals surface area contributed by atoms with Crippen molar-refractivity contribution in [3.05, 3.63) is 47.7 Å². The van der Waals surface area contributed by atoms with E-state index in [1.165, 1.54) is 6.07 Å². The minimum absolute atomic E-state index is 0.179. The average Bonchev–Trinajstić information content (AvgIpc) is 3.13. The van der Waals surface area contributed by atoms with Gasteiger partial charge in [-0.15, -0.1) is 10.2 Å². The molecule has 0 spiro atoms. The van der Waals surface area contributed by atoms with E-state index in [0.29, 0.717) is 29.5 Å². The Hall–Kier alpha value is -3.02. The highest BCUT2D eigenvalue weighted by molar-refractivity contribution is 5.56. The van der Waals surface area contributed by atoms with Gasteiger partial charge < -0.3 is 9.47 Å². The van der Waals surface area contributed by atoms with E-state index in [2.05, 4.69) is 35.9 Å². The molecule has 0 saturated carbocycles. The van der Waals surface area contributed by atoms with Crippen molar-refractivity contribution in [3.63, 3.8) is 0 Å². The summed E-state index contributed by atoms with van der Waals surface area (Å²) in [6.07, 6.45) is 1.14. The molecule has 29 heavy (non-hydrogen) atoms. The molecular weight excluding hydrogens is 379 g/mol. The Morgan fingerprint density at radius 2 is 2.00 bits per heavy atom. The zero-order valence-corrected chi connectivity index (χ0v) is 16.0.